The fourth-order valence-electron chi connectivity index (χ4n) is 6.83. The molecule has 0 spiro atoms. The fourth-order valence-corrected chi connectivity index (χ4v) is 8.28. The van der Waals surface area contributed by atoms with Crippen LogP contribution in [0.5, 0.6) is 0 Å². The van der Waals surface area contributed by atoms with Gasteiger partial charge >= 0.3 is 0 Å². The van der Waals surface area contributed by atoms with Crippen LogP contribution < -0.4 is 5.32 Å². The summed E-state index contributed by atoms with van der Waals surface area (Å²) in [5, 5.41) is 3.33. The molecule has 1 aliphatic heterocycles. The van der Waals surface area contributed by atoms with Gasteiger partial charge in [-0.3, -0.25) is 9.69 Å². The van der Waals surface area contributed by atoms with Crippen LogP contribution in [0.1, 0.15) is 50.1 Å². The summed E-state index contributed by atoms with van der Waals surface area (Å²) >= 11 is 4.01. The highest BCUT2D eigenvalue weighted by Gasteiger charge is 2.59. The monoisotopic (exact) mass is 464 g/mol. The van der Waals surface area contributed by atoms with Gasteiger partial charge in [-0.05, 0) is 68.1 Å². The van der Waals surface area contributed by atoms with Crippen molar-refractivity contribution < 1.29 is 13.9 Å². The maximum atomic E-state index is 13.5. The molecule has 3 atom stereocenters. The molecule has 6 rings (SSSR count). The first-order valence-electron chi connectivity index (χ1n) is 11.0. The van der Waals surface area contributed by atoms with Crippen molar-refractivity contribution in [2.24, 2.45) is 17.3 Å². The van der Waals surface area contributed by atoms with Crippen molar-refractivity contribution in [3.8, 4) is 0 Å². The van der Waals surface area contributed by atoms with Gasteiger partial charge in [-0.25, -0.2) is 4.39 Å². The lowest BCUT2D eigenvalue weighted by Crippen LogP contribution is -2.58. The molecule has 1 heterocycles. The summed E-state index contributed by atoms with van der Waals surface area (Å²) in [7, 11) is 0. The van der Waals surface area contributed by atoms with E-state index < -0.39 is 0 Å². The maximum Gasteiger partial charge on any atom is 0.226 e. The Kier molecular flexibility index (Phi) is 5.24. The highest BCUT2D eigenvalue weighted by molar-refractivity contribution is 9.10. The number of morpholine rings is 1. The molecule has 1 saturated heterocycles. The highest BCUT2D eigenvalue weighted by Crippen LogP contribution is 2.64. The van der Waals surface area contributed by atoms with Crippen LogP contribution in [-0.4, -0.2) is 48.0 Å². The second-order valence-electron chi connectivity index (χ2n) is 9.82. The number of carbonyl (C=O) groups excluding carboxylic acids is 1. The van der Waals surface area contributed by atoms with Crippen molar-refractivity contribution in [2.75, 3.05) is 32.8 Å². The Hall–Kier alpha value is -0.980. The zero-order valence-corrected chi connectivity index (χ0v) is 18.4. The zero-order chi connectivity index (χ0) is 20.1. The number of carbonyl (C=O) groups is 1. The van der Waals surface area contributed by atoms with Crippen LogP contribution in [0.25, 0.3) is 0 Å². The largest absolute Gasteiger partial charge is 0.379 e. The van der Waals surface area contributed by atoms with E-state index in [1.165, 1.54) is 31.4 Å². The van der Waals surface area contributed by atoms with Gasteiger partial charge in [-0.15, -0.1) is 0 Å². The molecule has 29 heavy (non-hydrogen) atoms. The first-order valence-corrected chi connectivity index (χ1v) is 11.8. The van der Waals surface area contributed by atoms with Crippen LogP contribution in [-0.2, 0) is 9.53 Å². The van der Waals surface area contributed by atoms with E-state index in [0.717, 1.165) is 37.9 Å². The fraction of sp³-hybridized carbons (Fsp3) is 0.696. The Morgan fingerprint density at radius 1 is 1.17 bits per heavy atom. The minimum absolute atomic E-state index is 0.0512. The van der Waals surface area contributed by atoms with Crippen LogP contribution >= 0.6 is 15.9 Å². The second-order valence-corrected chi connectivity index (χ2v) is 11.5. The van der Waals surface area contributed by atoms with Gasteiger partial charge in [-0.1, -0.05) is 28.1 Å². The molecule has 6 heteroatoms. The van der Waals surface area contributed by atoms with Gasteiger partial charge in [0.05, 0.1) is 24.7 Å². The minimum Gasteiger partial charge on any atom is -0.379 e. The number of hydrogen-bond acceptors (Lipinski definition) is 3. The number of amides is 1. The molecule has 3 unspecified atom stereocenters. The first-order chi connectivity index (χ1) is 13.9. The molecule has 4 saturated carbocycles. The summed E-state index contributed by atoms with van der Waals surface area (Å²) in [5.41, 5.74) is 0.849. The van der Waals surface area contributed by atoms with E-state index in [1.54, 1.807) is 0 Å². The van der Waals surface area contributed by atoms with Crippen LogP contribution in [0.3, 0.4) is 0 Å². The molecule has 0 radical (unpaired) electrons. The Bertz CT molecular complexity index is 751. The summed E-state index contributed by atoms with van der Waals surface area (Å²) < 4.78 is 19.1. The lowest BCUT2D eigenvalue weighted by atomic mass is 9.49. The van der Waals surface area contributed by atoms with E-state index in [9.17, 15) is 9.18 Å². The molecule has 1 aromatic carbocycles. The predicted molar refractivity (Wildman–Crippen MR) is 113 cm³/mol. The number of nitrogens with zero attached hydrogens (tertiary/aromatic N) is 1. The number of hydrogen-bond donors (Lipinski definition) is 1. The van der Waals surface area contributed by atoms with Crippen molar-refractivity contribution in [1.29, 1.82) is 0 Å². The van der Waals surface area contributed by atoms with Gasteiger partial charge < -0.3 is 10.1 Å². The molecule has 4 nitrogen and oxygen atoms in total. The normalized spacial score (nSPS) is 37.4. The van der Waals surface area contributed by atoms with Gasteiger partial charge in [0.2, 0.25) is 5.91 Å². The Labute approximate surface area is 180 Å². The van der Waals surface area contributed by atoms with Crippen LogP contribution in [0, 0.1) is 23.1 Å². The topological polar surface area (TPSA) is 41.6 Å². The van der Waals surface area contributed by atoms with Gasteiger partial charge in [0.15, 0.2) is 0 Å². The molecule has 4 bridgehead atoms. The molecule has 1 aromatic rings. The van der Waals surface area contributed by atoms with E-state index in [1.807, 2.05) is 12.1 Å². The van der Waals surface area contributed by atoms with Crippen molar-refractivity contribution in [3.63, 3.8) is 0 Å². The Morgan fingerprint density at radius 2 is 1.83 bits per heavy atom. The maximum absolute atomic E-state index is 13.5. The summed E-state index contributed by atoms with van der Waals surface area (Å²) in [5.74, 6) is 1.38. The zero-order valence-electron chi connectivity index (χ0n) is 16.8. The smallest absolute Gasteiger partial charge is 0.226 e. The van der Waals surface area contributed by atoms with E-state index in [-0.39, 0.29) is 27.5 Å². The SMILES string of the molecule is O=C(NCC(c1ccc(F)cc1)N1CCOCC1)C12CC3CC(CC(Br)(C3)C1)C2. The lowest BCUT2D eigenvalue weighted by Gasteiger charge is -2.59. The third-order valence-corrected chi connectivity index (χ3v) is 8.60. The molecule has 158 valence electrons. The summed E-state index contributed by atoms with van der Waals surface area (Å²) in [6.45, 7) is 3.63. The van der Waals surface area contributed by atoms with Crippen LogP contribution in [0.15, 0.2) is 24.3 Å². The number of ether oxygens (including phenoxy) is 1. The summed E-state index contributed by atoms with van der Waals surface area (Å²) in [6.07, 6.45) is 6.81. The highest BCUT2D eigenvalue weighted by atomic mass is 79.9. The van der Waals surface area contributed by atoms with Gasteiger partial charge in [-0.2, -0.15) is 0 Å². The third kappa shape index (κ3) is 3.88. The first kappa shape index (κ1) is 20.0. The van der Waals surface area contributed by atoms with E-state index in [4.69, 9.17) is 4.74 Å². The average molecular weight is 465 g/mol. The molecule has 1 amide bonds. The predicted octanol–water partition coefficient (Wildman–Crippen LogP) is 4.05. The van der Waals surface area contributed by atoms with Crippen molar-refractivity contribution in [3.05, 3.63) is 35.6 Å². The molecular formula is C23H30BrFN2O2. The lowest BCUT2D eigenvalue weighted by molar-refractivity contribution is -0.144. The standard InChI is InChI=1S/C23H30BrFN2O2/c24-23-12-16-9-17(13-23)11-22(10-16,15-23)21(28)26-14-20(27-5-7-29-8-6-27)18-1-3-19(25)4-2-18/h1-4,16-17,20H,5-15H2,(H,26,28). The molecule has 5 fully saturated rings. The van der Waals surface area contributed by atoms with Crippen molar-refractivity contribution in [2.45, 2.75) is 48.9 Å². The minimum atomic E-state index is -0.227. The van der Waals surface area contributed by atoms with Crippen LogP contribution in [0.4, 0.5) is 4.39 Å². The second kappa shape index (κ2) is 7.61. The molecular weight excluding hydrogens is 435 g/mol. The van der Waals surface area contributed by atoms with Crippen molar-refractivity contribution >= 4 is 21.8 Å². The number of alkyl halides is 1. The number of benzene rings is 1. The van der Waals surface area contributed by atoms with E-state index in [0.29, 0.717) is 31.6 Å². The molecule has 0 aromatic heterocycles. The number of halogens is 2. The summed E-state index contributed by atoms with van der Waals surface area (Å²) in [4.78, 5) is 15.8. The van der Waals surface area contributed by atoms with Gasteiger partial charge in [0.1, 0.15) is 5.82 Å². The molecule has 1 N–H and O–H groups in total. The summed E-state index contributed by atoms with van der Waals surface area (Å²) in [6, 6.07) is 6.77. The Morgan fingerprint density at radius 3 is 2.45 bits per heavy atom. The average Bonchev–Trinajstić information content (AvgIpc) is 2.68. The number of rotatable bonds is 5. The molecule has 5 aliphatic rings. The van der Waals surface area contributed by atoms with E-state index >= 15 is 0 Å². The van der Waals surface area contributed by atoms with Crippen LogP contribution in [0.2, 0.25) is 0 Å². The van der Waals surface area contributed by atoms with E-state index in [2.05, 4.69) is 26.1 Å². The van der Waals surface area contributed by atoms with Crippen molar-refractivity contribution in [1.82, 2.24) is 10.2 Å². The quantitative estimate of drug-likeness (QED) is 0.668. The van der Waals surface area contributed by atoms with Gasteiger partial charge in [0.25, 0.3) is 0 Å². The van der Waals surface area contributed by atoms with Gasteiger partial charge in [0, 0.05) is 24.0 Å². The molecule has 4 aliphatic carbocycles. The third-order valence-electron chi connectivity index (χ3n) is 7.67. The Balaban J connectivity index is 1.32. The number of nitrogens with one attached hydrogen (secondary N) is 1.